The van der Waals surface area contributed by atoms with Crippen LogP contribution in [0.1, 0.15) is 65.8 Å². The zero-order valence-electron chi connectivity index (χ0n) is 13.3. The van der Waals surface area contributed by atoms with Crippen molar-refractivity contribution in [2.45, 2.75) is 46.0 Å². The summed E-state index contributed by atoms with van der Waals surface area (Å²) in [6.45, 7) is 4.66. The number of amides is 2. The summed E-state index contributed by atoms with van der Waals surface area (Å²) in [6.07, 6.45) is 5.28. The molecule has 1 aromatic carbocycles. The standard InChI is InChI=1S/C17H26N2O2/c1-4-6-7-8-10-13-11-9-12-14(15(13)16(18)20)17(21)19(3)5-2/h9,11-12H,4-8,10H2,1-3H3,(H2,18,20). The highest BCUT2D eigenvalue weighted by Crippen LogP contribution is 2.19. The fourth-order valence-electron chi connectivity index (χ4n) is 2.37. The molecule has 0 spiro atoms. The number of nitrogens with two attached hydrogens (primary N) is 1. The summed E-state index contributed by atoms with van der Waals surface area (Å²) in [5, 5.41) is 0. The lowest BCUT2D eigenvalue weighted by Gasteiger charge is -2.18. The highest BCUT2D eigenvalue weighted by Gasteiger charge is 2.20. The second-order valence-corrected chi connectivity index (χ2v) is 5.33. The molecule has 0 saturated carbocycles. The molecule has 2 N–H and O–H groups in total. The third-order valence-corrected chi connectivity index (χ3v) is 3.75. The van der Waals surface area contributed by atoms with Gasteiger partial charge in [0.25, 0.3) is 5.91 Å². The van der Waals surface area contributed by atoms with Crippen LogP contribution < -0.4 is 5.73 Å². The molecule has 0 radical (unpaired) electrons. The van der Waals surface area contributed by atoms with Gasteiger partial charge in [0, 0.05) is 13.6 Å². The lowest BCUT2D eigenvalue weighted by Crippen LogP contribution is -2.29. The van der Waals surface area contributed by atoms with Gasteiger partial charge in [0.2, 0.25) is 5.91 Å². The second-order valence-electron chi connectivity index (χ2n) is 5.33. The molecule has 0 atom stereocenters. The molecular formula is C17H26N2O2. The number of hydrogen-bond acceptors (Lipinski definition) is 2. The fourth-order valence-corrected chi connectivity index (χ4v) is 2.37. The molecule has 0 bridgehead atoms. The van der Waals surface area contributed by atoms with Crippen LogP contribution in [0.5, 0.6) is 0 Å². The molecule has 21 heavy (non-hydrogen) atoms. The molecule has 1 rings (SSSR count). The minimum absolute atomic E-state index is 0.151. The van der Waals surface area contributed by atoms with E-state index in [-0.39, 0.29) is 5.91 Å². The summed E-state index contributed by atoms with van der Waals surface area (Å²) in [5.74, 6) is -0.671. The molecule has 116 valence electrons. The van der Waals surface area contributed by atoms with Crippen molar-refractivity contribution in [2.75, 3.05) is 13.6 Å². The summed E-state index contributed by atoms with van der Waals surface area (Å²) in [7, 11) is 1.72. The molecule has 0 aliphatic rings. The predicted octanol–water partition coefficient (Wildman–Crippen LogP) is 3.00. The summed E-state index contributed by atoms with van der Waals surface area (Å²) < 4.78 is 0. The van der Waals surface area contributed by atoms with E-state index in [2.05, 4.69) is 6.92 Å². The van der Waals surface area contributed by atoms with Crippen LogP contribution in [0.15, 0.2) is 18.2 Å². The van der Waals surface area contributed by atoms with Gasteiger partial charge < -0.3 is 10.6 Å². The van der Waals surface area contributed by atoms with Gasteiger partial charge in [0.05, 0.1) is 11.1 Å². The van der Waals surface area contributed by atoms with Gasteiger partial charge in [-0.25, -0.2) is 0 Å². The molecule has 0 aliphatic heterocycles. The molecule has 0 heterocycles. The molecule has 1 aromatic rings. The minimum Gasteiger partial charge on any atom is -0.366 e. The third kappa shape index (κ3) is 4.59. The summed E-state index contributed by atoms with van der Waals surface area (Å²) in [4.78, 5) is 25.7. The maximum Gasteiger partial charge on any atom is 0.254 e. The number of rotatable bonds is 8. The van der Waals surface area contributed by atoms with E-state index in [1.54, 1.807) is 18.0 Å². The lowest BCUT2D eigenvalue weighted by atomic mass is 9.95. The molecule has 0 aliphatic carbocycles. The topological polar surface area (TPSA) is 63.4 Å². The van der Waals surface area contributed by atoms with E-state index in [9.17, 15) is 9.59 Å². The van der Waals surface area contributed by atoms with Crippen molar-refractivity contribution < 1.29 is 9.59 Å². The number of aryl methyl sites for hydroxylation is 1. The average molecular weight is 290 g/mol. The van der Waals surface area contributed by atoms with Gasteiger partial charge in [-0.2, -0.15) is 0 Å². The number of hydrogen-bond donors (Lipinski definition) is 1. The Balaban J connectivity index is 3.04. The Kier molecular flexibility index (Phi) is 6.92. The predicted molar refractivity (Wildman–Crippen MR) is 85.4 cm³/mol. The molecule has 0 saturated heterocycles. The van der Waals surface area contributed by atoms with E-state index in [4.69, 9.17) is 5.73 Å². The first-order valence-corrected chi connectivity index (χ1v) is 7.70. The van der Waals surface area contributed by atoms with Gasteiger partial charge in [-0.1, -0.05) is 38.3 Å². The molecule has 4 nitrogen and oxygen atoms in total. The highest BCUT2D eigenvalue weighted by atomic mass is 16.2. The number of carbonyl (C=O) groups excluding carboxylic acids is 2. The Hall–Kier alpha value is -1.84. The smallest absolute Gasteiger partial charge is 0.254 e. The number of carbonyl (C=O) groups is 2. The van der Waals surface area contributed by atoms with E-state index in [1.165, 1.54) is 12.8 Å². The fraction of sp³-hybridized carbons (Fsp3) is 0.529. The zero-order chi connectivity index (χ0) is 15.8. The third-order valence-electron chi connectivity index (χ3n) is 3.75. The SMILES string of the molecule is CCCCCCc1cccc(C(=O)N(C)CC)c1C(N)=O. The summed E-state index contributed by atoms with van der Waals surface area (Å²) in [6, 6.07) is 5.41. The Morgan fingerprint density at radius 3 is 2.43 bits per heavy atom. The highest BCUT2D eigenvalue weighted by molar-refractivity contribution is 6.07. The van der Waals surface area contributed by atoms with Crippen LogP contribution in [-0.2, 0) is 6.42 Å². The van der Waals surface area contributed by atoms with Crippen LogP contribution in [-0.4, -0.2) is 30.3 Å². The molecular weight excluding hydrogens is 264 g/mol. The van der Waals surface area contributed by atoms with Crippen molar-refractivity contribution in [2.24, 2.45) is 5.73 Å². The van der Waals surface area contributed by atoms with Crippen molar-refractivity contribution >= 4 is 11.8 Å². The monoisotopic (exact) mass is 290 g/mol. The average Bonchev–Trinajstić information content (AvgIpc) is 2.49. The number of primary amides is 1. The number of unbranched alkanes of at least 4 members (excludes halogenated alkanes) is 3. The summed E-state index contributed by atoms with van der Waals surface area (Å²) in [5.41, 5.74) is 7.20. The molecule has 4 heteroatoms. The van der Waals surface area contributed by atoms with Crippen LogP contribution in [0.25, 0.3) is 0 Å². The normalized spacial score (nSPS) is 10.4. The van der Waals surface area contributed by atoms with Crippen molar-refractivity contribution in [3.63, 3.8) is 0 Å². The molecule has 0 fully saturated rings. The molecule has 0 unspecified atom stereocenters. The number of nitrogens with zero attached hydrogens (tertiary/aromatic N) is 1. The molecule has 2 amide bonds. The van der Waals surface area contributed by atoms with Gasteiger partial charge in [-0.3, -0.25) is 9.59 Å². The van der Waals surface area contributed by atoms with E-state index in [0.717, 1.165) is 24.8 Å². The number of benzene rings is 1. The van der Waals surface area contributed by atoms with E-state index >= 15 is 0 Å². The van der Waals surface area contributed by atoms with Crippen molar-refractivity contribution in [3.05, 3.63) is 34.9 Å². The summed E-state index contributed by atoms with van der Waals surface area (Å²) >= 11 is 0. The van der Waals surface area contributed by atoms with Crippen molar-refractivity contribution in [3.8, 4) is 0 Å². The first-order chi connectivity index (χ1) is 10.0. The first kappa shape index (κ1) is 17.2. The maximum absolute atomic E-state index is 12.3. The van der Waals surface area contributed by atoms with Gasteiger partial charge in [-0.05, 0) is 31.4 Å². The van der Waals surface area contributed by atoms with Crippen LogP contribution >= 0.6 is 0 Å². The van der Waals surface area contributed by atoms with Crippen molar-refractivity contribution in [1.82, 2.24) is 4.90 Å². The van der Waals surface area contributed by atoms with Crippen LogP contribution in [0.2, 0.25) is 0 Å². The van der Waals surface area contributed by atoms with E-state index in [0.29, 0.717) is 17.7 Å². The Morgan fingerprint density at radius 2 is 1.86 bits per heavy atom. The van der Waals surface area contributed by atoms with E-state index < -0.39 is 5.91 Å². The molecule has 0 aromatic heterocycles. The van der Waals surface area contributed by atoms with Crippen LogP contribution in [0.3, 0.4) is 0 Å². The Morgan fingerprint density at radius 1 is 1.14 bits per heavy atom. The quantitative estimate of drug-likeness (QED) is 0.748. The van der Waals surface area contributed by atoms with Crippen molar-refractivity contribution in [1.29, 1.82) is 0 Å². The van der Waals surface area contributed by atoms with Gasteiger partial charge in [0.15, 0.2) is 0 Å². The maximum atomic E-state index is 12.3. The second kappa shape index (κ2) is 8.45. The van der Waals surface area contributed by atoms with Gasteiger partial charge >= 0.3 is 0 Å². The lowest BCUT2D eigenvalue weighted by molar-refractivity contribution is 0.0796. The zero-order valence-corrected chi connectivity index (χ0v) is 13.3. The van der Waals surface area contributed by atoms with Gasteiger partial charge in [-0.15, -0.1) is 0 Å². The minimum atomic E-state index is -0.519. The van der Waals surface area contributed by atoms with Crippen LogP contribution in [0, 0.1) is 0 Å². The Bertz CT molecular complexity index is 498. The van der Waals surface area contributed by atoms with Crippen LogP contribution in [0.4, 0.5) is 0 Å². The first-order valence-electron chi connectivity index (χ1n) is 7.70. The van der Waals surface area contributed by atoms with Gasteiger partial charge in [0.1, 0.15) is 0 Å². The Labute approximate surface area is 127 Å². The largest absolute Gasteiger partial charge is 0.366 e. The van der Waals surface area contributed by atoms with E-state index in [1.807, 2.05) is 19.1 Å².